The standard InChI is InChI=1S/C27H29N3O3/c1-33-24-14-8-13-23(18-24)30-19-22(17-26(30)31)29-27(32)28-16-15-25(20-9-4-2-5-10-20)21-11-6-3-7-12-21/h2-14,18,22,25H,15-17,19H2,1H3,(H2,28,29,32). The van der Waals surface area contributed by atoms with Crippen LogP contribution in [0.15, 0.2) is 84.9 Å². The molecule has 0 spiro atoms. The fourth-order valence-corrected chi connectivity index (χ4v) is 4.30. The second kappa shape index (κ2) is 10.7. The number of benzene rings is 3. The summed E-state index contributed by atoms with van der Waals surface area (Å²) in [6.45, 7) is 0.969. The van der Waals surface area contributed by atoms with Crippen molar-refractivity contribution in [1.29, 1.82) is 0 Å². The van der Waals surface area contributed by atoms with Crippen LogP contribution < -0.4 is 20.3 Å². The van der Waals surface area contributed by atoms with E-state index in [0.717, 1.165) is 12.1 Å². The molecule has 1 saturated heterocycles. The van der Waals surface area contributed by atoms with E-state index in [1.165, 1.54) is 11.1 Å². The summed E-state index contributed by atoms with van der Waals surface area (Å²) >= 11 is 0. The van der Waals surface area contributed by atoms with Gasteiger partial charge in [0, 0.05) is 37.2 Å². The number of ether oxygens (including phenoxy) is 1. The number of rotatable bonds is 8. The van der Waals surface area contributed by atoms with Gasteiger partial charge in [0.2, 0.25) is 5.91 Å². The van der Waals surface area contributed by atoms with Crippen LogP contribution in [0.25, 0.3) is 0 Å². The molecule has 6 nitrogen and oxygen atoms in total. The lowest BCUT2D eigenvalue weighted by molar-refractivity contribution is -0.117. The topological polar surface area (TPSA) is 70.7 Å². The third kappa shape index (κ3) is 5.71. The Balaban J connectivity index is 1.31. The molecule has 2 N–H and O–H groups in total. The molecule has 3 amide bonds. The number of carbonyl (C=O) groups is 2. The number of carbonyl (C=O) groups excluding carboxylic acids is 2. The first-order valence-corrected chi connectivity index (χ1v) is 11.2. The Morgan fingerprint density at radius 3 is 2.30 bits per heavy atom. The quantitative estimate of drug-likeness (QED) is 0.545. The van der Waals surface area contributed by atoms with Crippen molar-refractivity contribution in [1.82, 2.24) is 10.6 Å². The molecule has 3 aromatic carbocycles. The van der Waals surface area contributed by atoms with Crippen molar-refractivity contribution in [2.45, 2.75) is 24.8 Å². The van der Waals surface area contributed by atoms with Gasteiger partial charge in [0.05, 0.1) is 13.2 Å². The molecule has 1 atom stereocenters. The second-order valence-corrected chi connectivity index (χ2v) is 8.17. The molecule has 0 radical (unpaired) electrons. The van der Waals surface area contributed by atoms with E-state index in [-0.39, 0.29) is 30.3 Å². The van der Waals surface area contributed by atoms with E-state index in [0.29, 0.717) is 18.8 Å². The van der Waals surface area contributed by atoms with Gasteiger partial charge in [-0.05, 0) is 29.7 Å². The van der Waals surface area contributed by atoms with Crippen molar-refractivity contribution in [2.75, 3.05) is 25.1 Å². The third-order valence-corrected chi connectivity index (χ3v) is 5.95. The first-order chi connectivity index (χ1) is 16.1. The summed E-state index contributed by atoms with van der Waals surface area (Å²) in [6.07, 6.45) is 1.06. The summed E-state index contributed by atoms with van der Waals surface area (Å²) in [7, 11) is 1.60. The Morgan fingerprint density at radius 2 is 1.67 bits per heavy atom. The fraction of sp³-hybridized carbons (Fsp3) is 0.259. The molecule has 0 bridgehead atoms. The van der Waals surface area contributed by atoms with Crippen LogP contribution in [0.4, 0.5) is 10.5 Å². The molecular formula is C27H29N3O3. The highest BCUT2D eigenvalue weighted by molar-refractivity contribution is 5.97. The van der Waals surface area contributed by atoms with E-state index in [1.807, 2.05) is 60.7 Å². The molecule has 1 aliphatic rings. The zero-order chi connectivity index (χ0) is 23.0. The summed E-state index contributed by atoms with van der Waals surface area (Å²) in [6, 6.07) is 27.6. The number of nitrogens with one attached hydrogen (secondary N) is 2. The van der Waals surface area contributed by atoms with E-state index >= 15 is 0 Å². The molecule has 0 aliphatic carbocycles. The van der Waals surface area contributed by atoms with Gasteiger partial charge in [-0.15, -0.1) is 0 Å². The molecule has 3 aromatic rings. The zero-order valence-corrected chi connectivity index (χ0v) is 18.7. The number of urea groups is 1. The molecule has 1 heterocycles. The fourth-order valence-electron chi connectivity index (χ4n) is 4.30. The summed E-state index contributed by atoms with van der Waals surface area (Å²) in [5, 5.41) is 5.91. The van der Waals surface area contributed by atoms with Gasteiger partial charge >= 0.3 is 6.03 Å². The minimum atomic E-state index is -0.250. The Hall–Kier alpha value is -3.80. The van der Waals surface area contributed by atoms with Crippen molar-refractivity contribution < 1.29 is 14.3 Å². The lowest BCUT2D eigenvalue weighted by atomic mass is 9.88. The van der Waals surface area contributed by atoms with Gasteiger partial charge in [-0.2, -0.15) is 0 Å². The number of methoxy groups -OCH3 is 1. The molecule has 0 saturated carbocycles. The van der Waals surface area contributed by atoms with Gasteiger partial charge in [0.15, 0.2) is 0 Å². The van der Waals surface area contributed by atoms with Gasteiger partial charge in [-0.1, -0.05) is 66.7 Å². The number of hydrogen-bond acceptors (Lipinski definition) is 3. The molecule has 33 heavy (non-hydrogen) atoms. The average molecular weight is 444 g/mol. The van der Waals surface area contributed by atoms with Crippen LogP contribution in [0.3, 0.4) is 0 Å². The monoisotopic (exact) mass is 443 g/mol. The third-order valence-electron chi connectivity index (χ3n) is 5.95. The van der Waals surface area contributed by atoms with Gasteiger partial charge in [-0.3, -0.25) is 4.79 Å². The Kier molecular flexibility index (Phi) is 7.25. The first-order valence-electron chi connectivity index (χ1n) is 11.2. The van der Waals surface area contributed by atoms with Gasteiger partial charge < -0.3 is 20.3 Å². The predicted octanol–water partition coefficient (Wildman–Crippen LogP) is 4.32. The minimum absolute atomic E-state index is 0.0122. The Bertz CT molecular complexity index is 1030. The van der Waals surface area contributed by atoms with Crippen LogP contribution in [0.2, 0.25) is 0 Å². The van der Waals surface area contributed by atoms with Crippen LogP contribution in [-0.4, -0.2) is 38.2 Å². The minimum Gasteiger partial charge on any atom is -0.497 e. The van der Waals surface area contributed by atoms with Crippen molar-refractivity contribution in [2.24, 2.45) is 0 Å². The van der Waals surface area contributed by atoms with E-state index in [9.17, 15) is 9.59 Å². The second-order valence-electron chi connectivity index (χ2n) is 8.17. The van der Waals surface area contributed by atoms with Crippen molar-refractivity contribution >= 4 is 17.6 Å². The Labute approximate surface area is 194 Å². The maximum absolute atomic E-state index is 12.5. The predicted molar refractivity (Wildman–Crippen MR) is 130 cm³/mol. The summed E-state index contributed by atoms with van der Waals surface area (Å²) < 4.78 is 5.25. The highest BCUT2D eigenvalue weighted by Crippen LogP contribution is 2.28. The Morgan fingerprint density at radius 1 is 1.00 bits per heavy atom. The van der Waals surface area contributed by atoms with Crippen LogP contribution in [0, 0.1) is 0 Å². The van der Waals surface area contributed by atoms with Crippen LogP contribution in [-0.2, 0) is 4.79 Å². The maximum Gasteiger partial charge on any atom is 0.315 e. The largest absolute Gasteiger partial charge is 0.497 e. The zero-order valence-electron chi connectivity index (χ0n) is 18.7. The molecule has 1 unspecified atom stereocenters. The highest BCUT2D eigenvalue weighted by atomic mass is 16.5. The van der Waals surface area contributed by atoms with Crippen LogP contribution in [0.1, 0.15) is 29.9 Å². The molecule has 0 aromatic heterocycles. The van der Waals surface area contributed by atoms with Gasteiger partial charge in [-0.25, -0.2) is 4.79 Å². The first kappa shape index (κ1) is 22.4. The van der Waals surface area contributed by atoms with Crippen LogP contribution in [0.5, 0.6) is 5.75 Å². The number of nitrogens with zero attached hydrogens (tertiary/aromatic N) is 1. The summed E-state index contributed by atoms with van der Waals surface area (Å²) in [5.41, 5.74) is 3.22. The van der Waals surface area contributed by atoms with E-state index < -0.39 is 0 Å². The summed E-state index contributed by atoms with van der Waals surface area (Å²) in [5.74, 6) is 0.881. The molecule has 1 aliphatic heterocycles. The molecular weight excluding hydrogens is 414 g/mol. The maximum atomic E-state index is 12.5. The highest BCUT2D eigenvalue weighted by Gasteiger charge is 2.31. The lowest BCUT2D eigenvalue weighted by Gasteiger charge is -2.20. The van der Waals surface area contributed by atoms with E-state index in [2.05, 4.69) is 34.9 Å². The van der Waals surface area contributed by atoms with Crippen molar-refractivity contribution in [3.8, 4) is 5.75 Å². The molecule has 170 valence electrons. The number of amides is 3. The SMILES string of the molecule is COc1cccc(N2CC(NC(=O)NCCC(c3ccccc3)c3ccccc3)CC2=O)c1. The average Bonchev–Trinajstić information content (AvgIpc) is 3.22. The van der Waals surface area contributed by atoms with Gasteiger partial charge in [0.1, 0.15) is 5.75 Å². The number of anilines is 1. The van der Waals surface area contributed by atoms with Gasteiger partial charge in [0.25, 0.3) is 0 Å². The smallest absolute Gasteiger partial charge is 0.315 e. The van der Waals surface area contributed by atoms with Crippen molar-refractivity contribution in [3.05, 3.63) is 96.1 Å². The normalized spacial score (nSPS) is 15.5. The summed E-state index contributed by atoms with van der Waals surface area (Å²) in [4.78, 5) is 26.7. The van der Waals surface area contributed by atoms with Crippen molar-refractivity contribution in [3.63, 3.8) is 0 Å². The number of hydrogen-bond donors (Lipinski definition) is 2. The molecule has 1 fully saturated rings. The molecule has 6 heteroatoms. The lowest BCUT2D eigenvalue weighted by Crippen LogP contribution is -2.43. The van der Waals surface area contributed by atoms with E-state index in [1.54, 1.807) is 12.0 Å². The molecule has 4 rings (SSSR count). The van der Waals surface area contributed by atoms with Crippen LogP contribution >= 0.6 is 0 Å². The van der Waals surface area contributed by atoms with E-state index in [4.69, 9.17) is 4.74 Å².